The molecule has 2 aromatic heterocycles. The van der Waals surface area contributed by atoms with Gasteiger partial charge in [-0.15, -0.1) is 0 Å². The summed E-state index contributed by atoms with van der Waals surface area (Å²) >= 11 is 3.38. The first-order chi connectivity index (χ1) is 9.74. The zero-order valence-corrected chi connectivity index (χ0v) is 12.0. The lowest BCUT2D eigenvalue weighted by Crippen LogP contribution is -1.93. The van der Waals surface area contributed by atoms with Gasteiger partial charge in [-0.2, -0.15) is 4.98 Å². The highest BCUT2D eigenvalue weighted by Gasteiger charge is 2.13. The first-order valence-corrected chi connectivity index (χ1v) is 6.79. The Kier molecular flexibility index (Phi) is 3.47. The predicted octanol–water partition coefficient (Wildman–Crippen LogP) is 3.07. The molecule has 20 heavy (non-hydrogen) atoms. The number of nitrogens with two attached hydrogens (primary N) is 1. The highest BCUT2D eigenvalue weighted by Crippen LogP contribution is 2.30. The molecule has 0 spiro atoms. The van der Waals surface area contributed by atoms with Crippen molar-refractivity contribution in [3.05, 3.63) is 58.6 Å². The van der Waals surface area contributed by atoms with E-state index < -0.39 is 0 Å². The minimum Gasteiger partial charge on any atom is -0.397 e. The lowest BCUT2D eigenvalue weighted by atomic mass is 10.2. The molecule has 0 unspecified atom stereocenters. The maximum atomic E-state index is 5.99. The van der Waals surface area contributed by atoms with Crippen molar-refractivity contribution >= 4 is 21.6 Å². The van der Waals surface area contributed by atoms with Crippen molar-refractivity contribution in [1.29, 1.82) is 0 Å². The van der Waals surface area contributed by atoms with E-state index in [2.05, 4.69) is 31.1 Å². The van der Waals surface area contributed by atoms with Crippen LogP contribution in [0, 0.1) is 0 Å². The van der Waals surface area contributed by atoms with Crippen LogP contribution in [-0.2, 0) is 6.42 Å². The highest BCUT2D eigenvalue weighted by molar-refractivity contribution is 9.10. The van der Waals surface area contributed by atoms with Gasteiger partial charge >= 0.3 is 0 Å². The van der Waals surface area contributed by atoms with Crippen molar-refractivity contribution in [3.8, 4) is 11.5 Å². The van der Waals surface area contributed by atoms with Crippen LogP contribution >= 0.6 is 15.9 Å². The normalized spacial score (nSPS) is 10.7. The maximum absolute atomic E-state index is 5.99. The molecule has 100 valence electrons. The summed E-state index contributed by atoms with van der Waals surface area (Å²) in [6.07, 6.45) is 4.09. The molecule has 0 aliphatic carbocycles. The molecule has 0 radical (unpaired) electrons. The summed E-state index contributed by atoms with van der Waals surface area (Å²) in [5.41, 5.74) is 8.33. The Morgan fingerprint density at radius 3 is 2.90 bits per heavy atom. The number of pyridine rings is 1. The fraction of sp³-hybridized carbons (Fsp3) is 0.0714. The van der Waals surface area contributed by atoms with E-state index in [0.717, 1.165) is 15.6 Å². The minimum absolute atomic E-state index is 0.419. The number of benzene rings is 1. The average molecular weight is 331 g/mol. The van der Waals surface area contributed by atoms with Crippen LogP contribution in [0.3, 0.4) is 0 Å². The number of hydrogen-bond donors (Lipinski definition) is 1. The van der Waals surface area contributed by atoms with Crippen LogP contribution < -0.4 is 5.73 Å². The van der Waals surface area contributed by atoms with Crippen LogP contribution in [0.15, 0.2) is 51.7 Å². The number of anilines is 1. The summed E-state index contributed by atoms with van der Waals surface area (Å²) in [6, 6.07) is 9.44. The van der Waals surface area contributed by atoms with Crippen molar-refractivity contribution in [3.63, 3.8) is 0 Å². The van der Waals surface area contributed by atoms with Crippen molar-refractivity contribution in [2.24, 2.45) is 0 Å². The molecule has 0 aliphatic heterocycles. The zero-order chi connectivity index (χ0) is 13.9. The van der Waals surface area contributed by atoms with Crippen LogP contribution in [0.25, 0.3) is 11.5 Å². The number of hydrogen-bond acceptors (Lipinski definition) is 5. The highest BCUT2D eigenvalue weighted by atomic mass is 79.9. The number of nitrogen functional groups attached to an aromatic ring is 1. The molecule has 0 fully saturated rings. The molecule has 6 heteroatoms. The quantitative estimate of drug-likeness (QED) is 0.746. The number of para-hydroxylation sites is 1. The Morgan fingerprint density at radius 1 is 1.20 bits per heavy atom. The summed E-state index contributed by atoms with van der Waals surface area (Å²) < 4.78 is 6.08. The molecule has 5 nitrogen and oxygen atoms in total. The molecule has 2 N–H and O–H groups in total. The SMILES string of the molecule is Nc1c(Br)cccc1-c1nc(Cc2cccnc2)no1. The van der Waals surface area contributed by atoms with E-state index in [4.69, 9.17) is 10.3 Å². The van der Waals surface area contributed by atoms with Crippen LogP contribution in [0.4, 0.5) is 5.69 Å². The van der Waals surface area contributed by atoms with E-state index in [1.807, 2.05) is 30.3 Å². The van der Waals surface area contributed by atoms with Gasteiger partial charge in [0.2, 0.25) is 0 Å². The number of aromatic nitrogens is 3. The van der Waals surface area contributed by atoms with Gasteiger partial charge in [0.15, 0.2) is 5.82 Å². The third-order valence-electron chi connectivity index (χ3n) is 2.84. The Labute approximate surface area is 124 Å². The Bertz CT molecular complexity index is 727. The van der Waals surface area contributed by atoms with Crippen molar-refractivity contribution in [2.75, 3.05) is 5.73 Å². The molecule has 2 heterocycles. The minimum atomic E-state index is 0.419. The molecule has 0 bridgehead atoms. The van der Waals surface area contributed by atoms with Crippen molar-refractivity contribution in [1.82, 2.24) is 15.1 Å². The second kappa shape index (κ2) is 5.42. The van der Waals surface area contributed by atoms with Gasteiger partial charge in [-0.1, -0.05) is 17.3 Å². The maximum Gasteiger partial charge on any atom is 0.260 e. The van der Waals surface area contributed by atoms with Crippen LogP contribution in [0.5, 0.6) is 0 Å². The van der Waals surface area contributed by atoms with E-state index >= 15 is 0 Å². The fourth-order valence-corrected chi connectivity index (χ4v) is 2.21. The molecule has 0 saturated heterocycles. The zero-order valence-electron chi connectivity index (χ0n) is 10.5. The third-order valence-corrected chi connectivity index (χ3v) is 3.53. The fourth-order valence-electron chi connectivity index (χ4n) is 1.84. The lowest BCUT2D eigenvalue weighted by Gasteiger charge is -2.01. The molecule has 3 aromatic rings. The second-order valence-electron chi connectivity index (χ2n) is 4.25. The summed E-state index contributed by atoms with van der Waals surface area (Å²) in [5, 5.41) is 3.97. The van der Waals surface area contributed by atoms with E-state index in [0.29, 0.717) is 23.8 Å². The van der Waals surface area contributed by atoms with Crippen LogP contribution in [0.1, 0.15) is 11.4 Å². The van der Waals surface area contributed by atoms with E-state index in [1.165, 1.54) is 0 Å². The molecule has 0 saturated carbocycles. The topological polar surface area (TPSA) is 77.8 Å². The average Bonchev–Trinajstić information content (AvgIpc) is 2.91. The molecule has 0 aliphatic rings. The van der Waals surface area contributed by atoms with Gasteiger partial charge in [0.1, 0.15) is 0 Å². The molecule has 0 amide bonds. The van der Waals surface area contributed by atoms with Gasteiger partial charge < -0.3 is 10.3 Å². The lowest BCUT2D eigenvalue weighted by molar-refractivity contribution is 0.424. The van der Waals surface area contributed by atoms with Gasteiger partial charge in [-0.25, -0.2) is 0 Å². The van der Waals surface area contributed by atoms with E-state index in [9.17, 15) is 0 Å². The van der Waals surface area contributed by atoms with Crippen molar-refractivity contribution < 1.29 is 4.52 Å². The molecular formula is C14H11BrN4O. The van der Waals surface area contributed by atoms with Crippen molar-refractivity contribution in [2.45, 2.75) is 6.42 Å². The Morgan fingerprint density at radius 2 is 2.10 bits per heavy atom. The Balaban J connectivity index is 1.89. The van der Waals surface area contributed by atoms with E-state index in [-0.39, 0.29) is 0 Å². The third kappa shape index (κ3) is 2.55. The van der Waals surface area contributed by atoms with Gasteiger partial charge in [0.25, 0.3) is 5.89 Å². The predicted molar refractivity (Wildman–Crippen MR) is 78.9 cm³/mol. The van der Waals surface area contributed by atoms with Gasteiger partial charge in [-0.05, 0) is 39.7 Å². The monoisotopic (exact) mass is 330 g/mol. The molecule has 0 atom stereocenters. The van der Waals surface area contributed by atoms with Gasteiger partial charge in [-0.3, -0.25) is 4.98 Å². The summed E-state index contributed by atoms with van der Waals surface area (Å²) in [6.45, 7) is 0. The number of rotatable bonds is 3. The standard InChI is InChI=1S/C14H11BrN4O/c15-11-5-1-4-10(13(11)16)14-18-12(19-20-14)7-9-3-2-6-17-8-9/h1-6,8H,7,16H2. The second-order valence-corrected chi connectivity index (χ2v) is 5.11. The molecule has 1 aromatic carbocycles. The van der Waals surface area contributed by atoms with Gasteiger partial charge in [0.05, 0.1) is 11.3 Å². The summed E-state index contributed by atoms with van der Waals surface area (Å²) in [7, 11) is 0. The summed E-state index contributed by atoms with van der Waals surface area (Å²) in [4.78, 5) is 8.43. The largest absolute Gasteiger partial charge is 0.397 e. The number of halogens is 1. The first-order valence-electron chi connectivity index (χ1n) is 6.00. The number of nitrogens with zero attached hydrogens (tertiary/aromatic N) is 3. The van der Waals surface area contributed by atoms with E-state index in [1.54, 1.807) is 12.4 Å². The summed E-state index contributed by atoms with van der Waals surface area (Å²) in [5.74, 6) is 1.02. The van der Waals surface area contributed by atoms with Gasteiger partial charge in [0, 0.05) is 23.3 Å². The molecular weight excluding hydrogens is 320 g/mol. The Hall–Kier alpha value is -2.21. The van der Waals surface area contributed by atoms with Crippen LogP contribution in [-0.4, -0.2) is 15.1 Å². The van der Waals surface area contributed by atoms with Crippen LogP contribution in [0.2, 0.25) is 0 Å². The first kappa shape index (κ1) is 12.8. The molecule has 3 rings (SSSR count). The smallest absolute Gasteiger partial charge is 0.260 e.